The highest BCUT2D eigenvalue weighted by molar-refractivity contribution is 6.62. The van der Waals surface area contributed by atoms with E-state index in [1.165, 1.54) is 0 Å². The highest BCUT2D eigenvalue weighted by atomic mass is 16.7. The topological polar surface area (TPSA) is 42.2 Å². The molecule has 1 aromatic carbocycles. The summed E-state index contributed by atoms with van der Waals surface area (Å²) in [7, 11) is -0.994. The lowest BCUT2D eigenvalue weighted by atomic mass is 9.78. The van der Waals surface area contributed by atoms with Crippen LogP contribution in [0.5, 0.6) is 0 Å². The average molecular weight is 233 g/mol. The van der Waals surface area contributed by atoms with Crippen molar-refractivity contribution < 1.29 is 14.8 Å². The molecule has 0 atom stereocenters. The fourth-order valence-electron chi connectivity index (χ4n) is 1.49. The van der Waals surface area contributed by atoms with Crippen molar-refractivity contribution >= 4 is 12.6 Å². The molecule has 1 heterocycles. The Bertz CT molecular complexity index is 639. The summed E-state index contributed by atoms with van der Waals surface area (Å²) in [6.45, 7) is 7.36. The zero-order chi connectivity index (χ0) is 16.2. The number of hydrogen-bond donors (Lipinski definition) is 0. The SMILES string of the molecule is [2H]c1c([2H])c(C#N)c([2H])c(B2OC(C)(C)C(C)(C)O2)c1[2H]. The molecule has 17 heavy (non-hydrogen) atoms. The second-order valence-electron chi connectivity index (χ2n) is 4.99. The lowest BCUT2D eigenvalue weighted by Crippen LogP contribution is -2.41. The first-order valence-corrected chi connectivity index (χ1v) is 5.39. The first-order valence-electron chi connectivity index (χ1n) is 7.39. The highest BCUT2D eigenvalue weighted by Gasteiger charge is 2.51. The van der Waals surface area contributed by atoms with Gasteiger partial charge in [-0.15, -0.1) is 0 Å². The molecular formula is C13H16BNO2. The monoisotopic (exact) mass is 233 g/mol. The number of nitrogens with zero attached hydrogens (tertiary/aromatic N) is 1. The Balaban J connectivity index is 2.63. The second-order valence-corrected chi connectivity index (χ2v) is 4.99. The standard InChI is InChI=1S/C13H16BNO2/c1-12(2)13(3,4)17-14(16-12)11-7-5-6-10(8-11)9-15/h5-8H,1-4H3/i5D,6D,7D,8D. The van der Waals surface area contributed by atoms with E-state index in [2.05, 4.69) is 0 Å². The van der Waals surface area contributed by atoms with E-state index in [0.29, 0.717) is 0 Å². The van der Waals surface area contributed by atoms with Gasteiger partial charge in [0.15, 0.2) is 0 Å². The van der Waals surface area contributed by atoms with Gasteiger partial charge in [0.2, 0.25) is 0 Å². The van der Waals surface area contributed by atoms with Crippen LogP contribution in [0.15, 0.2) is 24.2 Å². The number of nitriles is 1. The molecule has 0 N–H and O–H groups in total. The number of rotatable bonds is 1. The van der Waals surface area contributed by atoms with E-state index in [0.717, 1.165) is 0 Å². The largest absolute Gasteiger partial charge is 0.494 e. The van der Waals surface area contributed by atoms with Crippen molar-refractivity contribution in [2.45, 2.75) is 38.9 Å². The lowest BCUT2D eigenvalue weighted by molar-refractivity contribution is 0.00578. The molecule has 1 fully saturated rings. The number of hydrogen-bond acceptors (Lipinski definition) is 3. The van der Waals surface area contributed by atoms with Gasteiger partial charge in [-0.1, -0.05) is 12.1 Å². The highest BCUT2D eigenvalue weighted by Crippen LogP contribution is 2.36. The van der Waals surface area contributed by atoms with Crippen LogP contribution >= 0.6 is 0 Å². The summed E-state index contributed by atoms with van der Waals surface area (Å²) < 4.78 is 43.0. The summed E-state index contributed by atoms with van der Waals surface area (Å²) in [5.74, 6) is 0. The molecule has 0 aromatic heterocycles. The normalized spacial score (nSPS) is 24.5. The zero-order valence-corrected chi connectivity index (χ0v) is 10.3. The van der Waals surface area contributed by atoms with Crippen LogP contribution in [0.4, 0.5) is 0 Å². The van der Waals surface area contributed by atoms with Gasteiger partial charge in [0, 0.05) is 0 Å². The molecule has 0 spiro atoms. The Morgan fingerprint density at radius 1 is 1.24 bits per heavy atom. The molecule has 88 valence electrons. The third-order valence-corrected chi connectivity index (χ3v) is 3.25. The Hall–Kier alpha value is -1.31. The van der Waals surface area contributed by atoms with Crippen LogP contribution in [-0.2, 0) is 9.31 Å². The maximum Gasteiger partial charge on any atom is 0.494 e. The Morgan fingerprint density at radius 3 is 2.35 bits per heavy atom. The van der Waals surface area contributed by atoms with Crippen molar-refractivity contribution in [2.24, 2.45) is 0 Å². The molecular weight excluding hydrogens is 213 g/mol. The Labute approximate surface area is 108 Å². The molecule has 1 aliphatic rings. The predicted molar refractivity (Wildman–Crippen MR) is 66.9 cm³/mol. The van der Waals surface area contributed by atoms with Gasteiger partial charge >= 0.3 is 7.12 Å². The van der Waals surface area contributed by atoms with Crippen LogP contribution in [0, 0.1) is 11.3 Å². The van der Waals surface area contributed by atoms with Crippen molar-refractivity contribution in [1.29, 1.82) is 5.26 Å². The van der Waals surface area contributed by atoms with E-state index in [-0.39, 0.29) is 23.1 Å². The quantitative estimate of drug-likeness (QED) is 0.695. The van der Waals surface area contributed by atoms with E-state index in [4.69, 9.17) is 20.1 Å². The van der Waals surface area contributed by atoms with Crippen LogP contribution in [0.1, 0.15) is 38.7 Å². The van der Waals surface area contributed by atoms with E-state index in [9.17, 15) is 0 Å². The molecule has 0 aliphatic carbocycles. The summed E-state index contributed by atoms with van der Waals surface area (Å²) >= 11 is 0. The second kappa shape index (κ2) is 3.87. The molecule has 1 aromatic rings. The van der Waals surface area contributed by atoms with Gasteiger partial charge < -0.3 is 9.31 Å². The summed E-state index contributed by atoms with van der Waals surface area (Å²) in [5, 5.41) is 9.07. The van der Waals surface area contributed by atoms with Crippen LogP contribution in [0.25, 0.3) is 0 Å². The third-order valence-electron chi connectivity index (χ3n) is 3.25. The van der Waals surface area contributed by atoms with E-state index in [1.807, 2.05) is 27.7 Å². The first-order chi connectivity index (χ1) is 9.53. The summed E-state index contributed by atoms with van der Waals surface area (Å²) in [4.78, 5) is 0. The van der Waals surface area contributed by atoms with Gasteiger partial charge in [0.05, 0.1) is 28.3 Å². The number of benzene rings is 1. The lowest BCUT2D eigenvalue weighted by Gasteiger charge is -2.32. The molecule has 4 heteroatoms. The van der Waals surface area contributed by atoms with Crippen molar-refractivity contribution in [3.63, 3.8) is 0 Å². The minimum absolute atomic E-state index is 0.0335. The van der Waals surface area contributed by atoms with Crippen molar-refractivity contribution in [1.82, 2.24) is 0 Å². The van der Waals surface area contributed by atoms with Crippen LogP contribution < -0.4 is 5.46 Å². The van der Waals surface area contributed by atoms with Gasteiger partial charge in [-0.05, 0) is 45.2 Å². The Morgan fingerprint density at radius 2 is 1.82 bits per heavy atom. The molecule has 2 rings (SSSR count). The molecule has 0 radical (unpaired) electrons. The third kappa shape index (κ3) is 2.09. The predicted octanol–water partition coefficient (Wildman–Crippen LogP) is 1.86. The average Bonchev–Trinajstić information content (AvgIpc) is 2.56. The van der Waals surface area contributed by atoms with Crippen molar-refractivity contribution in [3.8, 4) is 6.07 Å². The molecule has 0 amide bonds. The van der Waals surface area contributed by atoms with Gasteiger partial charge in [0.1, 0.15) is 0 Å². The van der Waals surface area contributed by atoms with Gasteiger partial charge in [-0.2, -0.15) is 5.26 Å². The smallest absolute Gasteiger partial charge is 0.399 e. The van der Waals surface area contributed by atoms with Gasteiger partial charge in [-0.3, -0.25) is 0 Å². The van der Waals surface area contributed by atoms with E-state index in [1.54, 1.807) is 6.07 Å². The summed E-state index contributed by atoms with van der Waals surface area (Å²) in [6, 6.07) is 0.363. The fraction of sp³-hybridized carbons (Fsp3) is 0.462. The molecule has 3 nitrogen and oxygen atoms in total. The van der Waals surface area contributed by atoms with Crippen molar-refractivity contribution in [2.75, 3.05) is 0 Å². The Kier molecular flexibility index (Phi) is 1.80. The van der Waals surface area contributed by atoms with Crippen molar-refractivity contribution in [3.05, 3.63) is 29.7 Å². The van der Waals surface area contributed by atoms with Crippen LogP contribution in [-0.4, -0.2) is 18.3 Å². The fourth-order valence-corrected chi connectivity index (χ4v) is 1.49. The maximum atomic E-state index is 9.07. The zero-order valence-electron chi connectivity index (χ0n) is 14.3. The molecule has 0 saturated carbocycles. The molecule has 0 unspecified atom stereocenters. The molecule has 1 saturated heterocycles. The molecule has 1 aliphatic heterocycles. The maximum absolute atomic E-state index is 9.07. The van der Waals surface area contributed by atoms with Crippen LogP contribution in [0.2, 0.25) is 0 Å². The summed E-state index contributed by atoms with van der Waals surface area (Å²) in [6.07, 6.45) is 0. The minimum Gasteiger partial charge on any atom is -0.399 e. The van der Waals surface area contributed by atoms with E-state index < -0.39 is 30.4 Å². The van der Waals surface area contributed by atoms with E-state index >= 15 is 0 Å². The summed E-state index contributed by atoms with van der Waals surface area (Å²) in [5.41, 5.74) is -1.50. The first kappa shape index (κ1) is 7.91. The molecule has 0 bridgehead atoms. The van der Waals surface area contributed by atoms with Gasteiger partial charge in [-0.25, -0.2) is 0 Å². The van der Waals surface area contributed by atoms with Gasteiger partial charge in [0.25, 0.3) is 0 Å². The minimum atomic E-state index is -0.994. The van der Waals surface area contributed by atoms with Crippen LogP contribution in [0.3, 0.4) is 0 Å².